The Kier molecular flexibility index (Phi) is 4.19. The van der Waals surface area contributed by atoms with Crippen LogP contribution in [0.1, 0.15) is 23.2 Å². The maximum Gasteiger partial charge on any atom is 0.338 e. The van der Waals surface area contributed by atoms with E-state index in [0.29, 0.717) is 5.56 Å². The first kappa shape index (κ1) is 12.9. The van der Waals surface area contributed by atoms with Crippen LogP contribution in [0, 0.1) is 10.1 Å². The van der Waals surface area contributed by atoms with Crippen LogP contribution in [-0.4, -0.2) is 28.5 Å². The van der Waals surface area contributed by atoms with Gasteiger partial charge in [0, 0.05) is 17.9 Å². The molecule has 1 aromatic rings. The highest BCUT2D eigenvalue weighted by molar-refractivity contribution is 7.99. The van der Waals surface area contributed by atoms with Crippen LogP contribution in [0.15, 0.2) is 24.3 Å². The van der Waals surface area contributed by atoms with E-state index in [0.717, 1.165) is 24.3 Å². The predicted molar refractivity (Wildman–Crippen MR) is 68.9 cm³/mol. The van der Waals surface area contributed by atoms with Crippen molar-refractivity contribution in [2.24, 2.45) is 0 Å². The third-order valence-electron chi connectivity index (χ3n) is 2.71. The second-order valence-electron chi connectivity index (χ2n) is 4.05. The topological polar surface area (TPSA) is 69.4 Å². The number of benzene rings is 1. The van der Waals surface area contributed by atoms with Crippen molar-refractivity contribution in [3.05, 3.63) is 39.9 Å². The number of carbonyl (C=O) groups excluding carboxylic acids is 1. The number of thioether (sulfide) groups is 1. The molecule has 0 bridgehead atoms. The zero-order valence-electron chi connectivity index (χ0n) is 9.70. The highest BCUT2D eigenvalue weighted by Crippen LogP contribution is 2.21. The standard InChI is InChI=1S/C12H13NO4S/c14-12(17-11-2-1-7-18-8-11)9-3-5-10(6-4-9)13(15)16/h3-6,11H,1-2,7-8H2. The van der Waals surface area contributed by atoms with Crippen LogP contribution < -0.4 is 0 Å². The van der Waals surface area contributed by atoms with Gasteiger partial charge in [0.25, 0.3) is 5.69 Å². The van der Waals surface area contributed by atoms with E-state index in [1.165, 1.54) is 24.3 Å². The minimum Gasteiger partial charge on any atom is -0.458 e. The van der Waals surface area contributed by atoms with Gasteiger partial charge in [-0.2, -0.15) is 11.8 Å². The first-order valence-electron chi connectivity index (χ1n) is 5.70. The maximum atomic E-state index is 11.8. The maximum absolute atomic E-state index is 11.8. The van der Waals surface area contributed by atoms with Gasteiger partial charge < -0.3 is 4.74 Å². The van der Waals surface area contributed by atoms with E-state index in [1.807, 2.05) is 0 Å². The van der Waals surface area contributed by atoms with Crippen molar-refractivity contribution in [1.82, 2.24) is 0 Å². The molecule has 0 spiro atoms. The highest BCUT2D eigenvalue weighted by atomic mass is 32.2. The minimum absolute atomic E-state index is 0.0280. The van der Waals surface area contributed by atoms with Gasteiger partial charge in [0.05, 0.1) is 10.5 Å². The molecule has 96 valence electrons. The van der Waals surface area contributed by atoms with Gasteiger partial charge in [0.15, 0.2) is 0 Å². The van der Waals surface area contributed by atoms with Gasteiger partial charge in [0.2, 0.25) is 0 Å². The number of non-ortho nitro benzene ring substituents is 1. The zero-order chi connectivity index (χ0) is 13.0. The Hall–Kier alpha value is -1.56. The van der Waals surface area contributed by atoms with Gasteiger partial charge in [0.1, 0.15) is 6.10 Å². The molecule has 6 heteroatoms. The lowest BCUT2D eigenvalue weighted by Gasteiger charge is -2.21. The van der Waals surface area contributed by atoms with Crippen molar-refractivity contribution in [3.8, 4) is 0 Å². The Morgan fingerprint density at radius 2 is 2.11 bits per heavy atom. The van der Waals surface area contributed by atoms with E-state index in [1.54, 1.807) is 11.8 Å². The highest BCUT2D eigenvalue weighted by Gasteiger charge is 2.19. The lowest BCUT2D eigenvalue weighted by molar-refractivity contribution is -0.384. The number of carbonyl (C=O) groups is 1. The summed E-state index contributed by atoms with van der Waals surface area (Å²) in [5.74, 6) is 1.54. The zero-order valence-corrected chi connectivity index (χ0v) is 10.5. The molecule has 18 heavy (non-hydrogen) atoms. The number of rotatable bonds is 3. The number of nitro benzene ring substituents is 1. The average molecular weight is 267 g/mol. The minimum atomic E-state index is -0.493. The lowest BCUT2D eigenvalue weighted by atomic mass is 10.2. The van der Waals surface area contributed by atoms with Crippen LogP contribution in [0.2, 0.25) is 0 Å². The van der Waals surface area contributed by atoms with E-state index in [2.05, 4.69) is 0 Å². The van der Waals surface area contributed by atoms with Crippen molar-refractivity contribution >= 4 is 23.4 Å². The van der Waals surface area contributed by atoms with Crippen LogP contribution >= 0.6 is 11.8 Å². The molecular weight excluding hydrogens is 254 g/mol. The molecule has 0 aliphatic carbocycles. The van der Waals surface area contributed by atoms with Crippen molar-refractivity contribution in [2.75, 3.05) is 11.5 Å². The lowest BCUT2D eigenvalue weighted by Crippen LogP contribution is -2.23. The molecule has 1 atom stereocenters. The third kappa shape index (κ3) is 3.22. The molecule has 0 saturated carbocycles. The van der Waals surface area contributed by atoms with E-state index < -0.39 is 10.9 Å². The average Bonchev–Trinajstić information content (AvgIpc) is 2.40. The van der Waals surface area contributed by atoms with Crippen LogP contribution in [0.4, 0.5) is 5.69 Å². The van der Waals surface area contributed by atoms with E-state index in [9.17, 15) is 14.9 Å². The predicted octanol–water partition coefficient (Wildman–Crippen LogP) is 2.65. The summed E-state index contributed by atoms with van der Waals surface area (Å²) in [6.07, 6.45) is 1.92. The Balaban J connectivity index is 1.97. The van der Waals surface area contributed by atoms with Crippen LogP contribution in [-0.2, 0) is 4.74 Å². The summed E-state index contributed by atoms with van der Waals surface area (Å²) < 4.78 is 5.35. The van der Waals surface area contributed by atoms with E-state index in [-0.39, 0.29) is 11.8 Å². The molecule has 1 aliphatic rings. The summed E-state index contributed by atoms with van der Waals surface area (Å²) in [4.78, 5) is 21.8. The monoisotopic (exact) mass is 267 g/mol. The second-order valence-corrected chi connectivity index (χ2v) is 5.20. The smallest absolute Gasteiger partial charge is 0.338 e. The Bertz CT molecular complexity index is 440. The molecule has 1 aliphatic heterocycles. The van der Waals surface area contributed by atoms with Crippen molar-refractivity contribution < 1.29 is 14.5 Å². The van der Waals surface area contributed by atoms with Crippen molar-refractivity contribution in [1.29, 1.82) is 0 Å². The van der Waals surface area contributed by atoms with Gasteiger partial charge in [-0.3, -0.25) is 10.1 Å². The Morgan fingerprint density at radius 3 is 2.67 bits per heavy atom. The number of ether oxygens (including phenoxy) is 1. The first-order chi connectivity index (χ1) is 8.66. The fourth-order valence-electron chi connectivity index (χ4n) is 1.74. The molecule has 1 unspecified atom stereocenters. The molecule has 2 rings (SSSR count). The number of hydrogen-bond donors (Lipinski definition) is 0. The van der Waals surface area contributed by atoms with E-state index >= 15 is 0 Å². The summed E-state index contributed by atoms with van der Waals surface area (Å²) >= 11 is 1.78. The van der Waals surface area contributed by atoms with Crippen LogP contribution in [0.25, 0.3) is 0 Å². The van der Waals surface area contributed by atoms with Crippen molar-refractivity contribution in [2.45, 2.75) is 18.9 Å². The quantitative estimate of drug-likeness (QED) is 0.478. The second kappa shape index (κ2) is 5.86. The molecule has 0 radical (unpaired) electrons. The molecule has 5 nitrogen and oxygen atoms in total. The summed E-state index contributed by atoms with van der Waals surface area (Å²) in [6.45, 7) is 0. The third-order valence-corrected chi connectivity index (χ3v) is 3.89. The fraction of sp³-hybridized carbons (Fsp3) is 0.417. The van der Waals surface area contributed by atoms with Gasteiger partial charge in [-0.25, -0.2) is 4.79 Å². The molecule has 1 fully saturated rings. The summed E-state index contributed by atoms with van der Waals surface area (Å²) in [7, 11) is 0. The molecule has 1 heterocycles. The van der Waals surface area contributed by atoms with Crippen molar-refractivity contribution in [3.63, 3.8) is 0 Å². The molecule has 0 N–H and O–H groups in total. The first-order valence-corrected chi connectivity index (χ1v) is 6.85. The number of nitro groups is 1. The van der Waals surface area contributed by atoms with Gasteiger partial charge in [-0.1, -0.05) is 0 Å². The fourth-order valence-corrected chi connectivity index (χ4v) is 2.78. The number of nitrogens with zero attached hydrogens (tertiary/aromatic N) is 1. The molecule has 0 aromatic heterocycles. The van der Waals surface area contributed by atoms with Crippen LogP contribution in [0.3, 0.4) is 0 Å². The molecular formula is C12H13NO4S. The van der Waals surface area contributed by atoms with Gasteiger partial charge >= 0.3 is 5.97 Å². The Morgan fingerprint density at radius 1 is 1.39 bits per heavy atom. The van der Waals surface area contributed by atoms with Gasteiger partial charge in [-0.15, -0.1) is 0 Å². The summed E-state index contributed by atoms with van der Waals surface area (Å²) in [5.41, 5.74) is 0.330. The SMILES string of the molecule is O=C(OC1CCCSC1)c1ccc([N+](=O)[O-])cc1. The normalized spacial score (nSPS) is 19.2. The molecule has 0 amide bonds. The molecule has 1 saturated heterocycles. The van der Waals surface area contributed by atoms with Crippen LogP contribution in [0.5, 0.6) is 0 Å². The summed E-state index contributed by atoms with van der Waals surface area (Å²) in [6, 6.07) is 5.48. The molecule has 1 aromatic carbocycles. The number of esters is 1. The summed E-state index contributed by atoms with van der Waals surface area (Å²) in [5, 5.41) is 10.5. The largest absolute Gasteiger partial charge is 0.458 e. The number of hydrogen-bond acceptors (Lipinski definition) is 5. The van der Waals surface area contributed by atoms with Gasteiger partial charge in [-0.05, 0) is 30.7 Å². The van der Waals surface area contributed by atoms with E-state index in [4.69, 9.17) is 4.74 Å². The Labute approximate surface area is 109 Å².